The van der Waals surface area contributed by atoms with Crippen molar-refractivity contribution >= 4 is 11.6 Å². The van der Waals surface area contributed by atoms with E-state index in [9.17, 15) is 10.1 Å². The van der Waals surface area contributed by atoms with Gasteiger partial charge in [-0.3, -0.25) is 10.1 Å². The summed E-state index contributed by atoms with van der Waals surface area (Å²) in [6, 6.07) is 7.08. The number of nitro benzene ring substituents is 1. The molecule has 1 aromatic rings. The van der Waals surface area contributed by atoms with Crippen molar-refractivity contribution in [3.8, 4) is 0 Å². The average Bonchev–Trinajstić information content (AvgIpc) is 3.03. The van der Waals surface area contributed by atoms with Crippen LogP contribution in [-0.2, 0) is 6.54 Å². The van der Waals surface area contributed by atoms with Crippen molar-refractivity contribution in [2.24, 2.45) is 10.9 Å². The summed E-state index contributed by atoms with van der Waals surface area (Å²) in [5.74, 6) is 1.38. The zero-order valence-electron chi connectivity index (χ0n) is 13.9. The minimum atomic E-state index is -0.385. The second-order valence-electron chi connectivity index (χ2n) is 6.49. The topological polar surface area (TPSA) is 79.6 Å². The summed E-state index contributed by atoms with van der Waals surface area (Å²) in [4.78, 5) is 14.9. The third-order valence-electron chi connectivity index (χ3n) is 3.94. The fourth-order valence-corrected chi connectivity index (χ4v) is 2.61. The lowest BCUT2D eigenvalue weighted by molar-refractivity contribution is -0.384. The van der Waals surface area contributed by atoms with Gasteiger partial charge in [-0.2, -0.15) is 0 Å². The Labute approximate surface area is 137 Å². The van der Waals surface area contributed by atoms with Gasteiger partial charge in [0.2, 0.25) is 0 Å². The maximum Gasteiger partial charge on any atom is 0.269 e. The van der Waals surface area contributed by atoms with Gasteiger partial charge in [0, 0.05) is 24.7 Å². The Morgan fingerprint density at radius 2 is 1.96 bits per heavy atom. The summed E-state index contributed by atoms with van der Waals surface area (Å²) in [7, 11) is 0. The maximum atomic E-state index is 10.7. The van der Waals surface area contributed by atoms with Crippen molar-refractivity contribution in [3.63, 3.8) is 0 Å². The molecular formula is C17H26N4O2. The highest BCUT2D eigenvalue weighted by Gasteiger charge is 2.16. The predicted octanol–water partition coefficient (Wildman–Crippen LogP) is 3.23. The molecule has 0 atom stereocenters. The van der Waals surface area contributed by atoms with Crippen LogP contribution in [0.1, 0.15) is 45.1 Å². The molecule has 0 amide bonds. The number of guanidine groups is 1. The molecule has 0 radical (unpaired) electrons. The third kappa shape index (κ3) is 5.88. The van der Waals surface area contributed by atoms with Crippen molar-refractivity contribution in [2.75, 3.05) is 6.54 Å². The van der Waals surface area contributed by atoms with Crippen LogP contribution in [0.15, 0.2) is 29.3 Å². The highest BCUT2D eigenvalue weighted by molar-refractivity contribution is 5.80. The minimum Gasteiger partial charge on any atom is -0.356 e. The number of non-ortho nitro benzene ring substituents is 1. The van der Waals surface area contributed by atoms with Crippen molar-refractivity contribution in [1.29, 1.82) is 0 Å². The van der Waals surface area contributed by atoms with Crippen molar-refractivity contribution in [2.45, 2.75) is 52.1 Å². The highest BCUT2D eigenvalue weighted by atomic mass is 16.6. The third-order valence-corrected chi connectivity index (χ3v) is 3.94. The van der Waals surface area contributed by atoms with Crippen molar-refractivity contribution in [3.05, 3.63) is 39.9 Å². The monoisotopic (exact) mass is 318 g/mol. The summed E-state index contributed by atoms with van der Waals surface area (Å²) in [6.45, 7) is 5.71. The number of nitrogens with zero attached hydrogens (tertiary/aromatic N) is 2. The molecule has 0 unspecified atom stereocenters. The molecule has 0 aliphatic heterocycles. The number of hydrogen-bond donors (Lipinski definition) is 2. The summed E-state index contributed by atoms with van der Waals surface area (Å²) in [5, 5.41) is 17.6. The van der Waals surface area contributed by atoms with Crippen LogP contribution in [0.2, 0.25) is 0 Å². The lowest BCUT2D eigenvalue weighted by Crippen LogP contribution is -2.43. The second-order valence-corrected chi connectivity index (χ2v) is 6.49. The Balaban J connectivity index is 1.97. The van der Waals surface area contributed by atoms with Gasteiger partial charge in [0.1, 0.15) is 0 Å². The fourth-order valence-electron chi connectivity index (χ4n) is 2.61. The molecule has 1 aromatic carbocycles. The normalized spacial score (nSPS) is 15.9. The quantitative estimate of drug-likeness (QED) is 0.365. The highest BCUT2D eigenvalue weighted by Crippen LogP contribution is 2.17. The molecule has 2 N–H and O–H groups in total. The summed E-state index contributed by atoms with van der Waals surface area (Å²) >= 11 is 0. The zero-order valence-corrected chi connectivity index (χ0v) is 13.9. The van der Waals surface area contributed by atoms with Gasteiger partial charge in [-0.25, -0.2) is 4.99 Å². The number of aliphatic imine (C=N–C) groups is 1. The number of nitro groups is 1. The van der Waals surface area contributed by atoms with Crippen LogP contribution in [0.5, 0.6) is 0 Å². The van der Waals surface area contributed by atoms with E-state index in [0.717, 1.165) is 18.1 Å². The van der Waals surface area contributed by atoms with Gasteiger partial charge in [-0.05, 0) is 24.3 Å². The minimum absolute atomic E-state index is 0.111. The summed E-state index contributed by atoms with van der Waals surface area (Å²) in [6.07, 6.45) is 4.94. The van der Waals surface area contributed by atoms with E-state index in [1.807, 2.05) is 0 Å². The van der Waals surface area contributed by atoms with Crippen LogP contribution in [0.25, 0.3) is 0 Å². The van der Waals surface area contributed by atoms with Crippen LogP contribution in [0.4, 0.5) is 5.69 Å². The molecule has 0 aromatic heterocycles. The molecule has 6 heteroatoms. The van der Waals surface area contributed by atoms with Crippen LogP contribution in [0.3, 0.4) is 0 Å². The molecule has 6 nitrogen and oxygen atoms in total. The van der Waals surface area contributed by atoms with E-state index in [-0.39, 0.29) is 10.6 Å². The maximum absolute atomic E-state index is 10.7. The van der Waals surface area contributed by atoms with Gasteiger partial charge in [0.25, 0.3) is 5.69 Å². The van der Waals surface area contributed by atoms with Crippen LogP contribution < -0.4 is 10.6 Å². The SMILES string of the molecule is CC(C)CNC(=NCc1ccc([N+](=O)[O-])cc1)NC1CCCC1. The Kier molecular flexibility index (Phi) is 6.38. The van der Waals surface area contributed by atoms with E-state index in [2.05, 4.69) is 29.5 Å². The number of hydrogen-bond acceptors (Lipinski definition) is 3. The molecule has 1 saturated carbocycles. The first-order chi connectivity index (χ1) is 11.0. The molecule has 0 spiro atoms. The van der Waals surface area contributed by atoms with Crippen LogP contribution >= 0.6 is 0 Å². The molecule has 1 aliphatic rings. The Bertz CT molecular complexity index is 534. The molecule has 23 heavy (non-hydrogen) atoms. The van der Waals surface area contributed by atoms with E-state index in [4.69, 9.17) is 0 Å². The molecular weight excluding hydrogens is 292 g/mol. The second kappa shape index (κ2) is 8.50. The number of nitrogens with one attached hydrogen (secondary N) is 2. The Morgan fingerprint density at radius 3 is 2.52 bits per heavy atom. The summed E-state index contributed by atoms with van der Waals surface area (Å²) < 4.78 is 0. The van der Waals surface area contributed by atoms with Gasteiger partial charge in [0.15, 0.2) is 5.96 Å². The smallest absolute Gasteiger partial charge is 0.269 e. The first-order valence-electron chi connectivity index (χ1n) is 8.33. The van der Waals surface area contributed by atoms with E-state index < -0.39 is 0 Å². The molecule has 1 aliphatic carbocycles. The van der Waals surface area contributed by atoms with Crippen molar-refractivity contribution < 1.29 is 4.92 Å². The molecule has 1 fully saturated rings. The van der Waals surface area contributed by atoms with Gasteiger partial charge in [0.05, 0.1) is 11.5 Å². The number of rotatable bonds is 6. The largest absolute Gasteiger partial charge is 0.356 e. The molecule has 0 saturated heterocycles. The zero-order chi connectivity index (χ0) is 16.7. The first kappa shape index (κ1) is 17.2. The molecule has 126 valence electrons. The Morgan fingerprint density at radius 1 is 1.30 bits per heavy atom. The van der Waals surface area contributed by atoms with E-state index in [1.165, 1.54) is 37.8 Å². The molecule has 2 rings (SSSR count). The van der Waals surface area contributed by atoms with Gasteiger partial charge in [-0.15, -0.1) is 0 Å². The van der Waals surface area contributed by atoms with Crippen LogP contribution in [-0.4, -0.2) is 23.5 Å². The van der Waals surface area contributed by atoms with Crippen LogP contribution in [0, 0.1) is 16.0 Å². The summed E-state index contributed by atoms with van der Waals surface area (Å²) in [5.41, 5.74) is 1.08. The Hall–Kier alpha value is -2.11. The standard InChI is InChI=1S/C17H26N4O2/c1-13(2)11-18-17(20-15-5-3-4-6-15)19-12-14-7-9-16(10-8-14)21(22)23/h7-10,13,15H,3-6,11-12H2,1-2H3,(H2,18,19,20). The van der Waals surface area contributed by atoms with E-state index in [1.54, 1.807) is 12.1 Å². The van der Waals surface area contributed by atoms with E-state index in [0.29, 0.717) is 18.5 Å². The fraction of sp³-hybridized carbons (Fsp3) is 0.588. The lowest BCUT2D eigenvalue weighted by atomic mass is 10.2. The van der Waals surface area contributed by atoms with Gasteiger partial charge in [-0.1, -0.05) is 38.8 Å². The van der Waals surface area contributed by atoms with E-state index >= 15 is 0 Å². The van der Waals surface area contributed by atoms with Gasteiger partial charge >= 0.3 is 0 Å². The van der Waals surface area contributed by atoms with Crippen molar-refractivity contribution in [1.82, 2.24) is 10.6 Å². The molecule has 0 heterocycles. The predicted molar refractivity (Wildman–Crippen MR) is 92.5 cm³/mol. The lowest BCUT2D eigenvalue weighted by Gasteiger charge is -2.18. The number of benzene rings is 1. The average molecular weight is 318 g/mol. The van der Waals surface area contributed by atoms with Gasteiger partial charge < -0.3 is 10.6 Å². The molecule has 0 bridgehead atoms. The first-order valence-corrected chi connectivity index (χ1v) is 8.33.